The summed E-state index contributed by atoms with van der Waals surface area (Å²) in [4.78, 5) is 27.3. The molecule has 1 aliphatic rings. The topological polar surface area (TPSA) is 144 Å². The molecule has 0 saturated heterocycles. The molecular formula is C19H21BrFN4O7P. The third-order valence-electron chi connectivity index (χ3n) is 4.38. The lowest BCUT2D eigenvalue weighted by Gasteiger charge is -2.24. The van der Waals surface area contributed by atoms with Crippen molar-refractivity contribution in [2.24, 2.45) is 0 Å². The predicted octanol–water partition coefficient (Wildman–Crippen LogP) is 2.69. The normalized spacial score (nSPS) is 20.5. The molecule has 3 rings (SSSR count). The number of carbonyl (C=O) groups is 1. The highest BCUT2D eigenvalue weighted by Crippen LogP contribution is 2.46. The van der Waals surface area contributed by atoms with Gasteiger partial charge < -0.3 is 19.7 Å². The highest BCUT2D eigenvalue weighted by atomic mass is 79.9. The summed E-state index contributed by atoms with van der Waals surface area (Å²) in [6.45, 7) is 0.848. The maximum absolute atomic E-state index is 14.5. The van der Waals surface area contributed by atoms with E-state index in [4.69, 9.17) is 19.5 Å². The van der Waals surface area contributed by atoms with E-state index >= 15 is 0 Å². The van der Waals surface area contributed by atoms with Gasteiger partial charge in [0.05, 0.1) is 13.7 Å². The van der Waals surface area contributed by atoms with Crippen LogP contribution in [0, 0.1) is 0 Å². The first-order valence-electron chi connectivity index (χ1n) is 9.53. The second-order valence-corrected chi connectivity index (χ2v) is 9.43. The Balaban J connectivity index is 1.73. The molecule has 0 bridgehead atoms. The summed E-state index contributed by atoms with van der Waals surface area (Å²) >= 11 is 3.28. The zero-order chi connectivity index (χ0) is 24.2. The summed E-state index contributed by atoms with van der Waals surface area (Å²) in [7, 11) is -3.03. The monoisotopic (exact) mass is 546 g/mol. The van der Waals surface area contributed by atoms with Crippen molar-refractivity contribution < 1.29 is 32.3 Å². The van der Waals surface area contributed by atoms with Crippen LogP contribution in [0.4, 0.5) is 10.2 Å². The molecule has 1 aliphatic heterocycles. The zero-order valence-corrected chi connectivity index (χ0v) is 20.0. The Morgan fingerprint density at radius 2 is 2.09 bits per heavy atom. The second-order valence-electron chi connectivity index (χ2n) is 6.82. The van der Waals surface area contributed by atoms with Crippen molar-refractivity contribution in [3.8, 4) is 5.75 Å². The van der Waals surface area contributed by atoms with Gasteiger partial charge in [-0.05, 0) is 43.3 Å². The first kappa shape index (κ1) is 25.1. The predicted molar refractivity (Wildman–Crippen MR) is 119 cm³/mol. The minimum absolute atomic E-state index is 0.00964. The summed E-state index contributed by atoms with van der Waals surface area (Å²) in [6.07, 6.45) is -0.0358. The highest BCUT2D eigenvalue weighted by molar-refractivity contribution is 9.10. The Morgan fingerprint density at radius 3 is 2.73 bits per heavy atom. The first-order valence-corrected chi connectivity index (χ1v) is 11.9. The fourth-order valence-electron chi connectivity index (χ4n) is 2.76. The van der Waals surface area contributed by atoms with Gasteiger partial charge in [-0.15, -0.1) is 0 Å². The summed E-state index contributed by atoms with van der Waals surface area (Å²) in [5.74, 6) is -1.28. The molecule has 0 radical (unpaired) electrons. The van der Waals surface area contributed by atoms with Gasteiger partial charge in [0.15, 0.2) is 6.23 Å². The average Bonchev–Trinajstić information content (AvgIpc) is 3.13. The number of benzene rings is 1. The number of nitrogen functional groups attached to an aromatic ring is 1. The van der Waals surface area contributed by atoms with Crippen LogP contribution < -0.4 is 21.0 Å². The lowest BCUT2D eigenvalue weighted by atomic mass is 10.3. The summed E-state index contributed by atoms with van der Waals surface area (Å²) in [6, 6.07) is 6.64. The van der Waals surface area contributed by atoms with E-state index in [-0.39, 0.29) is 11.6 Å². The molecule has 0 fully saturated rings. The lowest BCUT2D eigenvalue weighted by Crippen LogP contribution is -2.35. The van der Waals surface area contributed by atoms with Crippen molar-refractivity contribution in [2.45, 2.75) is 25.3 Å². The number of anilines is 1. The van der Waals surface area contributed by atoms with Crippen LogP contribution in [0.5, 0.6) is 5.75 Å². The van der Waals surface area contributed by atoms with Gasteiger partial charge in [-0.2, -0.15) is 10.1 Å². The third kappa shape index (κ3) is 6.49. The van der Waals surface area contributed by atoms with Gasteiger partial charge in [-0.25, -0.2) is 13.8 Å². The SMILES string of the molecule is COC(=O)[C@H](C)N[P@](=O)(OC[C@H]1O[C@@H](n2ccc(N)nc2=O)C=C1F)Oc1ccc(Br)cc1. The van der Waals surface area contributed by atoms with Crippen molar-refractivity contribution in [2.75, 3.05) is 19.5 Å². The number of nitrogens with two attached hydrogens (primary N) is 1. The van der Waals surface area contributed by atoms with Crippen LogP contribution in [0.1, 0.15) is 13.2 Å². The molecule has 1 aromatic carbocycles. The number of carbonyl (C=O) groups excluding carboxylic acids is 1. The van der Waals surface area contributed by atoms with Gasteiger partial charge >= 0.3 is 19.4 Å². The minimum Gasteiger partial charge on any atom is -0.468 e. The van der Waals surface area contributed by atoms with Gasteiger partial charge in [0, 0.05) is 10.7 Å². The van der Waals surface area contributed by atoms with Gasteiger partial charge in [-0.1, -0.05) is 15.9 Å². The van der Waals surface area contributed by atoms with Crippen LogP contribution in [0.15, 0.2) is 57.7 Å². The molecule has 0 amide bonds. The molecule has 3 N–H and O–H groups in total. The Morgan fingerprint density at radius 1 is 1.39 bits per heavy atom. The number of esters is 1. The molecule has 2 heterocycles. The molecule has 0 aliphatic carbocycles. The number of nitrogens with zero attached hydrogens (tertiary/aromatic N) is 2. The van der Waals surface area contributed by atoms with Crippen LogP contribution in [-0.2, 0) is 23.4 Å². The van der Waals surface area contributed by atoms with E-state index in [0.717, 1.165) is 15.1 Å². The fourth-order valence-corrected chi connectivity index (χ4v) is 4.51. The number of rotatable bonds is 9. The van der Waals surface area contributed by atoms with Crippen molar-refractivity contribution in [3.63, 3.8) is 0 Å². The molecule has 0 spiro atoms. The molecule has 11 nitrogen and oxygen atoms in total. The van der Waals surface area contributed by atoms with Gasteiger partial charge in [0.25, 0.3) is 0 Å². The lowest BCUT2D eigenvalue weighted by molar-refractivity contribution is -0.142. The minimum atomic E-state index is -4.20. The standard InChI is InChI=1S/C19H21BrFN4O7P/c1-11(18(26)29-2)24-33(28,32-13-5-3-12(20)4-6-13)30-10-15-14(21)9-17(31-15)25-8-7-16(22)23-19(25)27/h3-9,11,15,17H,10H2,1-2H3,(H,24,28)(H2,22,23,27)/t11-,15+,17+,33-/m0/s1. The number of ether oxygens (including phenoxy) is 2. The van der Waals surface area contributed by atoms with Crippen LogP contribution in [0.3, 0.4) is 0 Å². The van der Waals surface area contributed by atoms with E-state index in [1.54, 1.807) is 12.1 Å². The Hall–Kier alpha value is -2.57. The number of halogens is 2. The van der Waals surface area contributed by atoms with E-state index in [9.17, 15) is 18.5 Å². The third-order valence-corrected chi connectivity index (χ3v) is 6.55. The average molecular weight is 547 g/mol. The molecule has 0 saturated carbocycles. The zero-order valence-electron chi connectivity index (χ0n) is 17.5. The molecule has 1 aromatic heterocycles. The summed E-state index contributed by atoms with van der Waals surface area (Å²) in [5, 5.41) is 2.45. The van der Waals surface area contributed by atoms with Crippen LogP contribution in [0.2, 0.25) is 0 Å². The molecule has 0 unspecified atom stereocenters. The number of nitrogens with one attached hydrogen (secondary N) is 1. The first-order chi connectivity index (χ1) is 15.6. The number of hydrogen-bond acceptors (Lipinski definition) is 9. The molecular weight excluding hydrogens is 526 g/mol. The van der Waals surface area contributed by atoms with E-state index < -0.39 is 50.2 Å². The smallest absolute Gasteiger partial charge is 0.459 e. The van der Waals surface area contributed by atoms with E-state index in [0.29, 0.717) is 0 Å². The Kier molecular flexibility index (Phi) is 8.03. The maximum Gasteiger partial charge on any atom is 0.459 e. The maximum atomic E-state index is 14.5. The van der Waals surface area contributed by atoms with Gasteiger partial charge in [0.2, 0.25) is 0 Å². The molecule has 33 heavy (non-hydrogen) atoms. The quantitative estimate of drug-likeness (QED) is 0.355. The van der Waals surface area contributed by atoms with E-state index in [2.05, 4.69) is 30.7 Å². The van der Waals surface area contributed by atoms with Gasteiger partial charge in [0.1, 0.15) is 29.5 Å². The van der Waals surface area contributed by atoms with Gasteiger partial charge in [-0.3, -0.25) is 13.9 Å². The van der Waals surface area contributed by atoms with Crippen LogP contribution in [0.25, 0.3) is 0 Å². The molecule has 2 aromatic rings. The van der Waals surface area contributed by atoms with Crippen molar-refractivity contribution in [1.82, 2.24) is 14.6 Å². The van der Waals surface area contributed by atoms with Crippen molar-refractivity contribution in [1.29, 1.82) is 0 Å². The van der Waals surface area contributed by atoms with Crippen molar-refractivity contribution in [3.05, 3.63) is 63.4 Å². The number of hydrogen-bond donors (Lipinski definition) is 2. The number of aromatic nitrogens is 2. The van der Waals surface area contributed by atoms with E-state index in [1.165, 1.54) is 38.4 Å². The van der Waals surface area contributed by atoms with Crippen molar-refractivity contribution >= 4 is 35.5 Å². The summed E-state index contributed by atoms with van der Waals surface area (Å²) < 4.78 is 50.6. The summed E-state index contributed by atoms with van der Waals surface area (Å²) in [5.41, 5.74) is 4.72. The van der Waals surface area contributed by atoms with Crippen LogP contribution in [-0.4, -0.2) is 41.4 Å². The number of methoxy groups -OCH3 is 1. The Bertz CT molecular complexity index is 1140. The molecule has 178 valence electrons. The molecule has 14 heteroatoms. The largest absolute Gasteiger partial charge is 0.468 e. The molecule has 4 atom stereocenters. The highest BCUT2D eigenvalue weighted by Gasteiger charge is 2.36. The Labute approximate surface area is 196 Å². The van der Waals surface area contributed by atoms with Crippen LogP contribution >= 0.6 is 23.7 Å². The fraction of sp³-hybridized carbons (Fsp3) is 0.316. The van der Waals surface area contributed by atoms with E-state index in [1.807, 2.05) is 0 Å². The second kappa shape index (κ2) is 10.6.